The Kier molecular flexibility index (Phi) is 6.78. The van der Waals surface area contributed by atoms with Crippen LogP contribution in [0.5, 0.6) is 0 Å². The van der Waals surface area contributed by atoms with Gasteiger partial charge in [-0.2, -0.15) is 0 Å². The fourth-order valence-corrected chi connectivity index (χ4v) is 7.04. The summed E-state index contributed by atoms with van der Waals surface area (Å²) in [7, 11) is 0. The molecule has 38 heavy (non-hydrogen) atoms. The monoisotopic (exact) mass is 539 g/mol. The highest BCUT2D eigenvalue weighted by Gasteiger charge is 2.80. The maximum absolute atomic E-state index is 14.3. The molecule has 1 spiro atoms. The van der Waals surface area contributed by atoms with Crippen LogP contribution in [-0.2, 0) is 19.1 Å². The van der Waals surface area contributed by atoms with Crippen LogP contribution in [0.2, 0.25) is 5.02 Å². The molecule has 8 nitrogen and oxygen atoms in total. The van der Waals surface area contributed by atoms with Crippen LogP contribution in [0.15, 0.2) is 54.6 Å². The first-order valence-electron chi connectivity index (χ1n) is 13.1. The SMILES string of the molecule is CC(C)[C@H](CO)N1C(=O)[C@@H]2[C@@H](C(=O)Nc3ccccc3)[C@]3(C)OC2(CC3C)C1C(=O)Nc1ccccc1Cl. The van der Waals surface area contributed by atoms with Gasteiger partial charge in [-0.05, 0) is 49.4 Å². The summed E-state index contributed by atoms with van der Waals surface area (Å²) in [6, 6.07) is 14.3. The van der Waals surface area contributed by atoms with Gasteiger partial charge in [0.25, 0.3) is 0 Å². The number of hydrogen-bond acceptors (Lipinski definition) is 5. The fourth-order valence-electron chi connectivity index (χ4n) is 6.86. The van der Waals surface area contributed by atoms with Crippen molar-refractivity contribution in [2.75, 3.05) is 17.2 Å². The average Bonchev–Trinajstić information content (AvgIpc) is 3.38. The zero-order chi connectivity index (χ0) is 27.4. The van der Waals surface area contributed by atoms with E-state index < -0.39 is 41.0 Å². The Morgan fingerprint density at radius 3 is 2.39 bits per heavy atom. The number of fused-ring (bicyclic) bond motifs is 1. The molecule has 2 aromatic rings. The van der Waals surface area contributed by atoms with Crippen molar-refractivity contribution in [3.05, 3.63) is 59.6 Å². The van der Waals surface area contributed by atoms with Crippen LogP contribution in [0.3, 0.4) is 0 Å². The number of amides is 3. The molecule has 3 unspecified atom stereocenters. The summed E-state index contributed by atoms with van der Waals surface area (Å²) >= 11 is 6.34. The van der Waals surface area contributed by atoms with Gasteiger partial charge in [-0.25, -0.2) is 0 Å². The predicted octanol–water partition coefficient (Wildman–Crippen LogP) is 3.94. The Bertz CT molecular complexity index is 1260. The van der Waals surface area contributed by atoms with Crippen molar-refractivity contribution in [1.29, 1.82) is 0 Å². The predicted molar refractivity (Wildman–Crippen MR) is 144 cm³/mol. The molecule has 3 aliphatic heterocycles. The van der Waals surface area contributed by atoms with Crippen LogP contribution >= 0.6 is 11.6 Å². The van der Waals surface area contributed by atoms with Crippen LogP contribution in [0.1, 0.15) is 34.1 Å². The van der Waals surface area contributed by atoms with Gasteiger partial charge in [0.05, 0.1) is 40.8 Å². The molecule has 2 aromatic carbocycles. The van der Waals surface area contributed by atoms with Gasteiger partial charge in [-0.15, -0.1) is 0 Å². The molecule has 3 N–H and O–H groups in total. The number of benzene rings is 2. The second kappa shape index (κ2) is 9.67. The highest BCUT2D eigenvalue weighted by molar-refractivity contribution is 6.33. The highest BCUT2D eigenvalue weighted by atomic mass is 35.5. The topological polar surface area (TPSA) is 108 Å². The van der Waals surface area contributed by atoms with E-state index in [4.69, 9.17) is 16.3 Å². The van der Waals surface area contributed by atoms with Crippen molar-refractivity contribution in [1.82, 2.24) is 4.90 Å². The Labute approximate surface area is 227 Å². The van der Waals surface area contributed by atoms with Crippen LogP contribution in [0.4, 0.5) is 11.4 Å². The molecule has 0 aromatic heterocycles. The van der Waals surface area contributed by atoms with Crippen LogP contribution < -0.4 is 10.6 Å². The lowest BCUT2D eigenvalue weighted by Gasteiger charge is -2.38. The Balaban J connectivity index is 1.59. The van der Waals surface area contributed by atoms with E-state index in [1.165, 1.54) is 4.90 Å². The average molecular weight is 540 g/mol. The number of aliphatic hydroxyl groups excluding tert-OH is 1. The zero-order valence-electron chi connectivity index (χ0n) is 22.0. The Hall–Kier alpha value is -2.94. The molecule has 202 valence electrons. The van der Waals surface area contributed by atoms with Crippen molar-refractivity contribution in [3.63, 3.8) is 0 Å². The number of anilines is 2. The van der Waals surface area contributed by atoms with Gasteiger partial charge in [0.2, 0.25) is 17.7 Å². The highest BCUT2D eigenvalue weighted by Crippen LogP contribution is 2.65. The van der Waals surface area contributed by atoms with E-state index in [1.54, 1.807) is 36.4 Å². The van der Waals surface area contributed by atoms with Crippen LogP contribution in [0, 0.1) is 23.7 Å². The van der Waals surface area contributed by atoms with Crippen LogP contribution in [0.25, 0.3) is 0 Å². The van der Waals surface area contributed by atoms with E-state index in [9.17, 15) is 19.5 Å². The first-order chi connectivity index (χ1) is 18.0. The van der Waals surface area contributed by atoms with Gasteiger partial charge < -0.3 is 25.4 Å². The molecule has 3 fully saturated rings. The minimum atomic E-state index is -1.22. The van der Waals surface area contributed by atoms with Gasteiger partial charge in [0, 0.05) is 5.69 Å². The normalized spacial score (nSPS) is 32.4. The number of rotatable bonds is 7. The number of nitrogens with one attached hydrogen (secondary N) is 2. The molecule has 3 aliphatic rings. The van der Waals surface area contributed by atoms with Crippen molar-refractivity contribution >= 4 is 40.7 Å². The molecule has 7 atom stereocenters. The Morgan fingerprint density at radius 2 is 1.76 bits per heavy atom. The lowest BCUT2D eigenvalue weighted by molar-refractivity contribution is -0.149. The van der Waals surface area contributed by atoms with E-state index in [-0.39, 0.29) is 30.3 Å². The van der Waals surface area contributed by atoms with Gasteiger partial charge in [0.15, 0.2) is 0 Å². The van der Waals surface area contributed by atoms with E-state index in [1.807, 2.05) is 45.9 Å². The van der Waals surface area contributed by atoms with Crippen molar-refractivity contribution in [3.8, 4) is 0 Å². The van der Waals surface area contributed by atoms with Gasteiger partial charge in [0.1, 0.15) is 11.6 Å². The zero-order valence-corrected chi connectivity index (χ0v) is 22.7. The molecule has 3 amide bonds. The number of hydrogen-bond donors (Lipinski definition) is 3. The molecular formula is C29H34ClN3O5. The number of carbonyl (C=O) groups is 3. The number of ether oxygens (including phenoxy) is 1. The summed E-state index contributed by atoms with van der Waals surface area (Å²) in [5, 5.41) is 16.6. The molecule has 0 radical (unpaired) electrons. The molecule has 0 aliphatic carbocycles. The minimum Gasteiger partial charge on any atom is -0.394 e. The molecule has 2 bridgehead atoms. The first kappa shape index (κ1) is 26.7. The molecule has 5 rings (SSSR count). The maximum atomic E-state index is 14.3. The molecule has 9 heteroatoms. The van der Waals surface area contributed by atoms with E-state index in [0.29, 0.717) is 22.8 Å². The maximum Gasteiger partial charge on any atom is 0.250 e. The molecular weight excluding hydrogens is 506 g/mol. The summed E-state index contributed by atoms with van der Waals surface area (Å²) < 4.78 is 6.73. The summed E-state index contributed by atoms with van der Waals surface area (Å²) in [5.41, 5.74) is -1.13. The number of likely N-dealkylation sites (tertiary alicyclic amines) is 1. The van der Waals surface area contributed by atoms with Crippen molar-refractivity contribution < 1.29 is 24.2 Å². The first-order valence-corrected chi connectivity index (χ1v) is 13.5. The summed E-state index contributed by atoms with van der Waals surface area (Å²) in [5.74, 6) is -3.04. The Morgan fingerprint density at radius 1 is 1.11 bits per heavy atom. The third-order valence-electron chi connectivity index (χ3n) is 8.77. The lowest BCUT2D eigenvalue weighted by atomic mass is 9.62. The lowest BCUT2D eigenvalue weighted by Crippen LogP contribution is -2.57. The molecule has 3 heterocycles. The van der Waals surface area contributed by atoms with E-state index in [2.05, 4.69) is 10.6 Å². The molecule has 0 saturated carbocycles. The number of para-hydroxylation sites is 2. The number of carbonyl (C=O) groups excluding carboxylic acids is 3. The minimum absolute atomic E-state index is 0.0970. The van der Waals surface area contributed by atoms with Gasteiger partial charge >= 0.3 is 0 Å². The second-order valence-corrected chi connectivity index (χ2v) is 11.7. The number of aliphatic hydroxyl groups is 1. The fraction of sp³-hybridized carbons (Fsp3) is 0.483. The van der Waals surface area contributed by atoms with Gasteiger partial charge in [-0.3, -0.25) is 14.4 Å². The number of nitrogens with zero attached hydrogens (tertiary/aromatic N) is 1. The van der Waals surface area contributed by atoms with Crippen LogP contribution in [-0.4, -0.2) is 57.6 Å². The summed E-state index contributed by atoms with van der Waals surface area (Å²) in [4.78, 5) is 43.6. The molecule has 3 saturated heterocycles. The smallest absolute Gasteiger partial charge is 0.250 e. The summed E-state index contributed by atoms with van der Waals surface area (Å²) in [6.45, 7) is 7.33. The number of halogens is 1. The third kappa shape index (κ3) is 3.92. The third-order valence-corrected chi connectivity index (χ3v) is 9.10. The van der Waals surface area contributed by atoms with E-state index in [0.717, 1.165) is 0 Å². The second-order valence-electron chi connectivity index (χ2n) is 11.3. The van der Waals surface area contributed by atoms with Crippen molar-refractivity contribution in [2.45, 2.75) is 57.4 Å². The van der Waals surface area contributed by atoms with E-state index >= 15 is 0 Å². The summed E-state index contributed by atoms with van der Waals surface area (Å²) in [6.07, 6.45) is 0.433. The largest absolute Gasteiger partial charge is 0.394 e. The quantitative estimate of drug-likeness (QED) is 0.494. The van der Waals surface area contributed by atoms with Crippen molar-refractivity contribution in [2.24, 2.45) is 23.7 Å². The standard InChI is InChI=1S/C29H34ClN3O5/c1-16(2)21(15-34)33-24(26(36)32-20-13-9-8-12-19(20)30)29-14-17(3)28(4,38-29)22(23(29)27(33)37)25(35)31-18-10-6-5-7-11-18/h5-13,16-17,21-24,34H,14-15H2,1-4H3,(H,31,35)(H,32,36)/t17?,21-,22-,23-,24?,28+,29?/m0/s1. The van der Waals surface area contributed by atoms with Gasteiger partial charge in [-0.1, -0.05) is 62.7 Å².